The van der Waals surface area contributed by atoms with Gasteiger partial charge in [-0.15, -0.1) is 0 Å². The Morgan fingerprint density at radius 1 is 0.721 bits per heavy atom. The SMILES string of the molecule is C[C@@H]1CN(c2ncccc2Cl)CCN1C(=O)Nc1nc2cc(C(C)(C)C)ccc2n1C.Cc1cccnc1N1CCN(C(=O)Nc2nc3ccc(C(C)(C)C)cc3[nH]2)[C@H](C)C1. The molecule has 2 aromatic carbocycles. The average molecular weight is 848 g/mol. The average Bonchev–Trinajstić information content (AvgIpc) is 3.76. The number of carbonyl (C=O) groups is 2. The van der Waals surface area contributed by atoms with Crippen LogP contribution in [0.4, 0.5) is 33.1 Å². The summed E-state index contributed by atoms with van der Waals surface area (Å²) in [6.07, 6.45) is 3.56. The number of piperazine rings is 2. The Morgan fingerprint density at radius 2 is 1.30 bits per heavy atom. The van der Waals surface area contributed by atoms with Crippen LogP contribution in [-0.4, -0.2) is 103 Å². The van der Waals surface area contributed by atoms with E-state index in [0.717, 1.165) is 52.4 Å². The zero-order valence-electron chi connectivity index (χ0n) is 37.0. The lowest BCUT2D eigenvalue weighted by Crippen LogP contribution is -2.55. The predicted molar refractivity (Wildman–Crippen MR) is 247 cm³/mol. The Kier molecular flexibility index (Phi) is 12.2. The molecule has 2 aliphatic heterocycles. The molecule has 0 radical (unpaired) electrons. The number of aromatic amines is 1. The number of anilines is 4. The van der Waals surface area contributed by atoms with E-state index in [9.17, 15) is 9.59 Å². The number of hydrogen-bond acceptors (Lipinski definition) is 8. The maximum atomic E-state index is 13.0. The number of halogens is 1. The van der Waals surface area contributed by atoms with E-state index >= 15 is 0 Å². The number of rotatable bonds is 4. The van der Waals surface area contributed by atoms with E-state index in [1.54, 1.807) is 6.20 Å². The summed E-state index contributed by atoms with van der Waals surface area (Å²) in [6, 6.07) is 20.0. The highest BCUT2D eigenvalue weighted by Crippen LogP contribution is 2.30. The summed E-state index contributed by atoms with van der Waals surface area (Å²) in [5.41, 5.74) is 7.35. The highest BCUT2D eigenvalue weighted by atomic mass is 35.5. The molecule has 4 aromatic heterocycles. The smallest absolute Gasteiger partial charge is 0.324 e. The molecule has 61 heavy (non-hydrogen) atoms. The Morgan fingerprint density at radius 3 is 1.90 bits per heavy atom. The standard InChI is InChI=1S/C23H29ClN6O.C23H30N6O/c1-15-14-29(20-17(24)7-6-10-25-20)11-12-30(15)22(31)27-21-26-18-13-16(23(2,3)4)8-9-19(18)28(21)5;1-15-7-6-10-24-20(15)28-11-12-29(16(2)14-28)22(30)27-21-25-18-9-8-17(23(3,4)5)13-19(18)26-21/h6-10,13,15H,11-12,14H2,1-5H3,(H,26,27,31);6-10,13,16H,11-12,14H2,1-5H3,(H2,25,26,27,30)/t15-;16-/m11/s1. The van der Waals surface area contributed by atoms with Gasteiger partial charge in [0.1, 0.15) is 11.6 Å². The van der Waals surface area contributed by atoms with E-state index in [0.29, 0.717) is 43.1 Å². The summed E-state index contributed by atoms with van der Waals surface area (Å²) in [6.45, 7) is 23.3. The molecule has 2 aliphatic rings. The number of urea groups is 2. The van der Waals surface area contributed by atoms with Crippen LogP contribution in [0.25, 0.3) is 22.1 Å². The van der Waals surface area contributed by atoms with Gasteiger partial charge in [-0.3, -0.25) is 10.6 Å². The Hall–Kier alpha value is -5.89. The summed E-state index contributed by atoms with van der Waals surface area (Å²) in [5, 5.41) is 6.57. The van der Waals surface area contributed by atoms with Crippen molar-refractivity contribution in [2.75, 3.05) is 59.7 Å². The predicted octanol–water partition coefficient (Wildman–Crippen LogP) is 8.97. The number of H-pyrrole nitrogens is 1. The molecule has 15 heteroatoms. The quantitative estimate of drug-likeness (QED) is 0.160. The molecule has 2 fully saturated rings. The fourth-order valence-electron chi connectivity index (χ4n) is 7.98. The second kappa shape index (κ2) is 17.2. The number of aryl methyl sites for hydroxylation is 2. The van der Waals surface area contributed by atoms with E-state index in [4.69, 9.17) is 11.6 Å². The van der Waals surface area contributed by atoms with Crippen LogP contribution in [0, 0.1) is 6.92 Å². The van der Waals surface area contributed by atoms with Gasteiger partial charge >= 0.3 is 12.1 Å². The molecule has 2 atom stereocenters. The van der Waals surface area contributed by atoms with Gasteiger partial charge in [-0.05, 0) is 90.8 Å². The summed E-state index contributed by atoms with van der Waals surface area (Å²) in [5.74, 6) is 2.79. The van der Waals surface area contributed by atoms with Crippen LogP contribution in [0.1, 0.15) is 72.1 Å². The first kappa shape index (κ1) is 43.2. The van der Waals surface area contributed by atoms with Gasteiger partial charge in [-0.2, -0.15) is 0 Å². The third-order valence-corrected chi connectivity index (χ3v) is 11.9. The van der Waals surface area contributed by atoms with Gasteiger partial charge in [0.2, 0.25) is 11.9 Å². The van der Waals surface area contributed by atoms with Crippen LogP contribution in [-0.2, 0) is 17.9 Å². The molecule has 0 bridgehead atoms. The molecular weight excluding hydrogens is 788 g/mol. The maximum Gasteiger partial charge on any atom is 0.324 e. The van der Waals surface area contributed by atoms with Crippen molar-refractivity contribution in [1.82, 2.24) is 39.3 Å². The van der Waals surface area contributed by atoms with Gasteiger partial charge < -0.3 is 29.2 Å². The molecule has 0 spiro atoms. The third kappa shape index (κ3) is 9.54. The van der Waals surface area contributed by atoms with Gasteiger partial charge in [0.05, 0.1) is 27.1 Å². The summed E-state index contributed by atoms with van der Waals surface area (Å²) >= 11 is 6.30. The van der Waals surface area contributed by atoms with E-state index in [-0.39, 0.29) is 35.0 Å². The molecule has 0 unspecified atom stereocenters. The van der Waals surface area contributed by atoms with Crippen LogP contribution in [0.2, 0.25) is 5.02 Å². The third-order valence-electron chi connectivity index (χ3n) is 11.6. The van der Waals surface area contributed by atoms with Crippen molar-refractivity contribution in [3.63, 3.8) is 0 Å². The monoisotopic (exact) mass is 846 g/mol. The lowest BCUT2D eigenvalue weighted by atomic mass is 9.87. The minimum absolute atomic E-state index is 0.00833. The molecule has 8 rings (SSSR count). The van der Waals surface area contributed by atoms with Gasteiger partial charge in [0.15, 0.2) is 0 Å². The number of carbonyl (C=O) groups excluding carboxylic acids is 2. The molecule has 0 saturated carbocycles. The van der Waals surface area contributed by atoms with Gasteiger partial charge in [0, 0.05) is 70.8 Å². The molecule has 6 heterocycles. The van der Waals surface area contributed by atoms with Crippen molar-refractivity contribution in [2.24, 2.45) is 7.05 Å². The highest BCUT2D eigenvalue weighted by Gasteiger charge is 2.31. The second-order valence-electron chi connectivity index (χ2n) is 18.3. The van der Waals surface area contributed by atoms with E-state index < -0.39 is 0 Å². The van der Waals surface area contributed by atoms with Crippen LogP contribution >= 0.6 is 11.6 Å². The number of hydrogen-bond donors (Lipinski definition) is 3. The van der Waals surface area contributed by atoms with E-state index in [2.05, 4.69) is 137 Å². The highest BCUT2D eigenvalue weighted by molar-refractivity contribution is 6.32. The minimum atomic E-state index is -0.145. The van der Waals surface area contributed by atoms with Crippen molar-refractivity contribution in [1.29, 1.82) is 0 Å². The van der Waals surface area contributed by atoms with Gasteiger partial charge in [0.25, 0.3) is 0 Å². The topological polar surface area (TPSA) is 143 Å². The van der Waals surface area contributed by atoms with Crippen molar-refractivity contribution in [3.8, 4) is 0 Å². The fraction of sp³-hybridized carbons (Fsp3) is 0.435. The van der Waals surface area contributed by atoms with Crippen molar-refractivity contribution < 1.29 is 9.59 Å². The molecule has 6 aromatic rings. The summed E-state index contributed by atoms with van der Waals surface area (Å²) in [4.78, 5) is 55.4. The van der Waals surface area contributed by atoms with Crippen LogP contribution < -0.4 is 20.4 Å². The van der Waals surface area contributed by atoms with E-state index in [1.807, 2.05) is 58.8 Å². The minimum Gasteiger partial charge on any atom is -0.353 e. The zero-order chi connectivity index (χ0) is 43.8. The Balaban J connectivity index is 0.000000184. The number of fused-ring (bicyclic) bond motifs is 2. The first-order valence-electron chi connectivity index (χ1n) is 21.0. The largest absolute Gasteiger partial charge is 0.353 e. The summed E-state index contributed by atoms with van der Waals surface area (Å²) in [7, 11) is 1.92. The first-order chi connectivity index (χ1) is 28.9. The molecule has 322 valence electrons. The van der Waals surface area contributed by atoms with E-state index in [1.165, 1.54) is 11.1 Å². The molecule has 4 amide bonds. The number of nitrogens with one attached hydrogen (secondary N) is 3. The number of aromatic nitrogens is 6. The maximum absolute atomic E-state index is 13.0. The van der Waals surface area contributed by atoms with Crippen LogP contribution in [0.3, 0.4) is 0 Å². The second-order valence-corrected chi connectivity index (χ2v) is 18.7. The van der Waals surface area contributed by atoms with Crippen LogP contribution in [0.15, 0.2) is 73.1 Å². The van der Waals surface area contributed by atoms with Gasteiger partial charge in [-0.25, -0.2) is 29.5 Å². The number of amides is 4. The fourth-order valence-corrected chi connectivity index (χ4v) is 8.22. The Labute approximate surface area is 363 Å². The lowest BCUT2D eigenvalue weighted by molar-refractivity contribution is 0.183. The number of imidazole rings is 2. The number of nitrogens with zero attached hydrogens (tertiary/aromatic N) is 9. The summed E-state index contributed by atoms with van der Waals surface area (Å²) < 4.78 is 1.92. The number of benzene rings is 2. The van der Waals surface area contributed by atoms with Crippen molar-refractivity contribution >= 4 is 69.3 Å². The molecule has 2 saturated heterocycles. The van der Waals surface area contributed by atoms with Crippen LogP contribution in [0.5, 0.6) is 0 Å². The van der Waals surface area contributed by atoms with Gasteiger partial charge in [-0.1, -0.05) is 71.3 Å². The lowest BCUT2D eigenvalue weighted by Gasteiger charge is -2.40. The zero-order valence-corrected chi connectivity index (χ0v) is 37.8. The first-order valence-corrected chi connectivity index (χ1v) is 21.4. The Bertz CT molecular complexity index is 2540. The normalized spacial score (nSPS) is 17.4. The molecule has 14 nitrogen and oxygen atoms in total. The molecule has 0 aliphatic carbocycles. The van der Waals surface area contributed by atoms with Crippen molar-refractivity contribution in [3.05, 3.63) is 94.8 Å². The number of pyridine rings is 2. The molecule has 3 N–H and O–H groups in total. The molecular formula is C46H59ClN12O2. The van der Waals surface area contributed by atoms with Crippen molar-refractivity contribution in [2.45, 2.75) is 85.2 Å².